The van der Waals surface area contributed by atoms with Crippen molar-refractivity contribution >= 4 is 21.6 Å². The van der Waals surface area contributed by atoms with E-state index in [9.17, 15) is 13.2 Å². The molecular weight excluding hydrogens is 372 g/mol. The fourth-order valence-corrected chi connectivity index (χ4v) is 4.23. The number of hydrogen-bond acceptors (Lipinski definition) is 3. The summed E-state index contributed by atoms with van der Waals surface area (Å²) < 4.78 is 25.7. The lowest BCUT2D eigenvalue weighted by Crippen LogP contribution is -2.32. The summed E-state index contributed by atoms with van der Waals surface area (Å²) in [6.07, 6.45) is 1.91. The van der Waals surface area contributed by atoms with E-state index in [1.54, 1.807) is 6.07 Å². The van der Waals surface area contributed by atoms with E-state index < -0.39 is 10.0 Å². The number of benzene rings is 2. The van der Waals surface area contributed by atoms with Crippen LogP contribution in [0.2, 0.25) is 0 Å². The predicted octanol–water partition coefficient (Wildman–Crippen LogP) is 4.04. The fourth-order valence-electron chi connectivity index (χ4n) is 3.27. The van der Waals surface area contributed by atoms with Crippen LogP contribution in [0.25, 0.3) is 0 Å². The van der Waals surface area contributed by atoms with Gasteiger partial charge in [-0.15, -0.1) is 0 Å². The molecule has 2 aromatic carbocycles. The van der Waals surface area contributed by atoms with E-state index in [0.29, 0.717) is 12.1 Å². The maximum absolute atomic E-state index is 12.4. The summed E-state index contributed by atoms with van der Waals surface area (Å²) in [4.78, 5) is 12.4. The SMILES string of the molecule is Cc1cccc(N(CCCC(=O)N[C@H](C)c2cc(C)ccc2C)S(C)(=O)=O)c1. The van der Waals surface area contributed by atoms with Gasteiger partial charge in [-0.1, -0.05) is 35.9 Å². The number of amides is 1. The number of nitrogens with zero attached hydrogens (tertiary/aromatic N) is 1. The summed E-state index contributed by atoms with van der Waals surface area (Å²) in [5.41, 5.74) is 5.02. The topological polar surface area (TPSA) is 66.5 Å². The van der Waals surface area contributed by atoms with Gasteiger partial charge >= 0.3 is 0 Å². The van der Waals surface area contributed by atoms with Crippen LogP contribution in [0.15, 0.2) is 42.5 Å². The van der Waals surface area contributed by atoms with Gasteiger partial charge in [-0.25, -0.2) is 8.42 Å². The number of sulfonamides is 1. The van der Waals surface area contributed by atoms with Gasteiger partial charge in [0.1, 0.15) is 0 Å². The van der Waals surface area contributed by atoms with Crippen molar-refractivity contribution in [2.24, 2.45) is 0 Å². The van der Waals surface area contributed by atoms with Gasteiger partial charge in [0.15, 0.2) is 0 Å². The Labute approximate surface area is 168 Å². The fraction of sp³-hybridized carbons (Fsp3) is 0.409. The van der Waals surface area contributed by atoms with E-state index in [1.807, 2.05) is 45.9 Å². The Morgan fingerprint density at radius 1 is 1.07 bits per heavy atom. The molecule has 0 spiro atoms. The predicted molar refractivity (Wildman–Crippen MR) is 115 cm³/mol. The van der Waals surface area contributed by atoms with E-state index in [1.165, 1.54) is 10.6 Å². The summed E-state index contributed by atoms with van der Waals surface area (Å²) in [7, 11) is -3.41. The van der Waals surface area contributed by atoms with Gasteiger partial charge in [0.05, 0.1) is 18.0 Å². The number of aryl methyl sites for hydroxylation is 3. The Bertz CT molecular complexity index is 939. The van der Waals surface area contributed by atoms with Gasteiger partial charge < -0.3 is 5.32 Å². The zero-order valence-corrected chi connectivity index (χ0v) is 18.1. The highest BCUT2D eigenvalue weighted by Gasteiger charge is 2.18. The molecule has 0 fully saturated rings. The minimum absolute atomic E-state index is 0.0777. The minimum Gasteiger partial charge on any atom is -0.350 e. The Morgan fingerprint density at radius 3 is 2.39 bits per heavy atom. The largest absolute Gasteiger partial charge is 0.350 e. The quantitative estimate of drug-likeness (QED) is 0.725. The molecule has 0 aliphatic heterocycles. The molecule has 1 N–H and O–H groups in total. The first kappa shape index (κ1) is 22.0. The third kappa shape index (κ3) is 6.09. The number of nitrogens with one attached hydrogen (secondary N) is 1. The molecule has 2 aromatic rings. The van der Waals surface area contributed by atoms with Crippen LogP contribution in [0.3, 0.4) is 0 Å². The van der Waals surface area contributed by atoms with Gasteiger partial charge in [0, 0.05) is 13.0 Å². The van der Waals surface area contributed by atoms with Crippen molar-refractivity contribution in [2.45, 2.75) is 46.6 Å². The van der Waals surface area contributed by atoms with Crippen LogP contribution >= 0.6 is 0 Å². The number of carbonyl (C=O) groups excluding carboxylic acids is 1. The van der Waals surface area contributed by atoms with Gasteiger partial charge in [0.25, 0.3) is 0 Å². The maximum Gasteiger partial charge on any atom is 0.232 e. The third-order valence-corrected chi connectivity index (χ3v) is 5.93. The van der Waals surface area contributed by atoms with Crippen LogP contribution in [0.4, 0.5) is 5.69 Å². The average Bonchev–Trinajstić information content (AvgIpc) is 2.59. The first-order chi connectivity index (χ1) is 13.1. The van der Waals surface area contributed by atoms with Crippen molar-refractivity contribution in [1.82, 2.24) is 5.32 Å². The number of carbonyl (C=O) groups is 1. The Morgan fingerprint density at radius 2 is 1.75 bits per heavy atom. The lowest BCUT2D eigenvalue weighted by atomic mass is 10.00. The van der Waals surface area contributed by atoms with Crippen molar-refractivity contribution < 1.29 is 13.2 Å². The zero-order chi connectivity index (χ0) is 20.9. The third-order valence-electron chi connectivity index (χ3n) is 4.73. The molecule has 0 aromatic heterocycles. The van der Waals surface area contributed by atoms with Crippen molar-refractivity contribution in [1.29, 1.82) is 0 Å². The van der Waals surface area contributed by atoms with Crippen LogP contribution in [-0.4, -0.2) is 27.1 Å². The van der Waals surface area contributed by atoms with Gasteiger partial charge in [0.2, 0.25) is 15.9 Å². The Kier molecular flexibility index (Phi) is 7.24. The van der Waals surface area contributed by atoms with Crippen LogP contribution in [-0.2, 0) is 14.8 Å². The second-order valence-corrected chi connectivity index (χ2v) is 9.33. The number of anilines is 1. The molecule has 6 heteroatoms. The highest BCUT2D eigenvalue weighted by molar-refractivity contribution is 7.92. The van der Waals surface area contributed by atoms with E-state index in [4.69, 9.17) is 0 Å². The molecule has 1 amide bonds. The minimum atomic E-state index is -3.41. The lowest BCUT2D eigenvalue weighted by Gasteiger charge is -2.23. The molecule has 0 saturated carbocycles. The molecule has 0 unspecified atom stereocenters. The van der Waals surface area contributed by atoms with Crippen molar-refractivity contribution in [2.75, 3.05) is 17.1 Å². The number of hydrogen-bond donors (Lipinski definition) is 1. The molecular formula is C22H30N2O3S. The Balaban J connectivity index is 1.96. The maximum atomic E-state index is 12.4. The van der Waals surface area contributed by atoms with E-state index in [0.717, 1.165) is 22.3 Å². The normalized spacial score (nSPS) is 12.5. The summed E-state index contributed by atoms with van der Waals surface area (Å²) >= 11 is 0. The molecule has 1 atom stereocenters. The second kappa shape index (κ2) is 9.24. The molecule has 0 aliphatic carbocycles. The highest BCUT2D eigenvalue weighted by atomic mass is 32.2. The van der Waals surface area contributed by atoms with Gasteiger partial charge in [-0.05, 0) is 62.9 Å². The number of rotatable bonds is 8. The molecule has 0 aliphatic rings. The van der Waals surface area contributed by atoms with Crippen molar-refractivity contribution in [3.63, 3.8) is 0 Å². The summed E-state index contributed by atoms with van der Waals surface area (Å²) in [6, 6.07) is 13.5. The molecule has 5 nitrogen and oxygen atoms in total. The van der Waals surface area contributed by atoms with Crippen LogP contribution < -0.4 is 9.62 Å². The molecule has 28 heavy (non-hydrogen) atoms. The molecule has 152 valence electrons. The van der Waals surface area contributed by atoms with Gasteiger partial charge in [-0.3, -0.25) is 9.10 Å². The molecule has 0 heterocycles. The first-order valence-electron chi connectivity index (χ1n) is 9.49. The smallest absolute Gasteiger partial charge is 0.232 e. The monoisotopic (exact) mass is 402 g/mol. The summed E-state index contributed by atoms with van der Waals surface area (Å²) in [6.45, 7) is 8.22. The van der Waals surface area contributed by atoms with E-state index in [2.05, 4.69) is 23.5 Å². The first-order valence-corrected chi connectivity index (χ1v) is 11.3. The van der Waals surface area contributed by atoms with Crippen LogP contribution in [0, 0.1) is 20.8 Å². The van der Waals surface area contributed by atoms with Crippen molar-refractivity contribution in [3.05, 3.63) is 64.7 Å². The average molecular weight is 403 g/mol. The van der Waals surface area contributed by atoms with Gasteiger partial charge in [-0.2, -0.15) is 0 Å². The second-order valence-electron chi connectivity index (χ2n) is 7.43. The zero-order valence-electron chi connectivity index (χ0n) is 17.3. The summed E-state index contributed by atoms with van der Waals surface area (Å²) in [5.74, 6) is -0.0777. The standard InChI is InChI=1S/C22H30N2O3S/c1-16-8-6-9-20(14-16)24(28(5,26)27)13-7-10-22(25)23-19(4)21-15-17(2)11-12-18(21)3/h6,8-9,11-12,14-15,19H,7,10,13H2,1-5H3,(H,23,25)/t19-/m1/s1. The van der Waals surface area contributed by atoms with Crippen LogP contribution in [0.5, 0.6) is 0 Å². The van der Waals surface area contributed by atoms with Crippen LogP contribution in [0.1, 0.15) is 48.1 Å². The lowest BCUT2D eigenvalue weighted by molar-refractivity contribution is -0.121. The Hall–Kier alpha value is -2.34. The highest BCUT2D eigenvalue weighted by Crippen LogP contribution is 2.21. The van der Waals surface area contributed by atoms with E-state index >= 15 is 0 Å². The molecule has 0 radical (unpaired) electrons. The molecule has 0 saturated heterocycles. The summed E-state index contributed by atoms with van der Waals surface area (Å²) in [5, 5.41) is 3.02. The molecule has 2 rings (SSSR count). The van der Waals surface area contributed by atoms with E-state index in [-0.39, 0.29) is 24.9 Å². The molecule has 0 bridgehead atoms. The van der Waals surface area contributed by atoms with Crippen molar-refractivity contribution in [3.8, 4) is 0 Å².